The second-order valence-corrected chi connectivity index (χ2v) is 10.2. The van der Waals surface area contributed by atoms with Gasteiger partial charge in [-0.1, -0.05) is 95.9 Å². The summed E-state index contributed by atoms with van der Waals surface area (Å²) in [5, 5.41) is 14.2. The van der Waals surface area contributed by atoms with Crippen molar-refractivity contribution in [1.29, 1.82) is 0 Å². The predicted molar refractivity (Wildman–Crippen MR) is 201 cm³/mol. The molecule has 2 aliphatic carbocycles. The van der Waals surface area contributed by atoms with Gasteiger partial charge in [0.2, 0.25) is 5.88 Å². The first kappa shape index (κ1) is 42.1. The van der Waals surface area contributed by atoms with Crippen LogP contribution in [0, 0.1) is 6.92 Å². The highest BCUT2D eigenvalue weighted by atomic mass is 16.5. The highest BCUT2D eigenvalue weighted by molar-refractivity contribution is 5.78. The van der Waals surface area contributed by atoms with Crippen LogP contribution in [0.25, 0.3) is 11.6 Å². The molecule has 252 valence electrons. The van der Waals surface area contributed by atoms with E-state index in [1.54, 1.807) is 13.4 Å². The van der Waals surface area contributed by atoms with Gasteiger partial charge < -0.3 is 19.6 Å². The molecule has 0 saturated carbocycles. The van der Waals surface area contributed by atoms with Crippen molar-refractivity contribution in [3.8, 4) is 5.88 Å². The largest absolute Gasteiger partial charge is 0.481 e. The molecule has 0 aromatic carbocycles. The number of rotatable bonds is 10. The van der Waals surface area contributed by atoms with Crippen LogP contribution in [0.3, 0.4) is 0 Å². The van der Waals surface area contributed by atoms with E-state index in [1.165, 1.54) is 5.56 Å². The van der Waals surface area contributed by atoms with Gasteiger partial charge in [0.1, 0.15) is 5.76 Å². The Kier molecular flexibility index (Phi) is 22.2. The molecule has 0 spiro atoms. The summed E-state index contributed by atoms with van der Waals surface area (Å²) in [6.07, 6.45) is 23.5. The average molecular weight is 629 g/mol. The number of nitrogens with zero attached hydrogens (tertiary/aromatic N) is 1. The van der Waals surface area contributed by atoms with Gasteiger partial charge in [-0.05, 0) is 100 Å². The van der Waals surface area contributed by atoms with Crippen LogP contribution >= 0.6 is 0 Å². The molecule has 0 bridgehead atoms. The van der Waals surface area contributed by atoms with E-state index < -0.39 is 5.60 Å². The lowest BCUT2D eigenvalue weighted by atomic mass is 9.79. The predicted octanol–water partition coefficient (Wildman–Crippen LogP) is 10.6. The van der Waals surface area contributed by atoms with E-state index in [0.717, 1.165) is 65.1 Å². The fourth-order valence-corrected chi connectivity index (χ4v) is 4.57. The number of furan rings is 1. The molecule has 0 radical (unpaired) electrons. The number of aromatic nitrogens is 1. The third-order valence-corrected chi connectivity index (χ3v) is 7.09. The van der Waals surface area contributed by atoms with Crippen molar-refractivity contribution in [3.05, 3.63) is 132 Å². The maximum atomic E-state index is 11.0. The number of allylic oxidation sites excluding steroid dienone is 10. The lowest BCUT2D eigenvalue weighted by Gasteiger charge is -2.33. The van der Waals surface area contributed by atoms with Gasteiger partial charge in [-0.3, -0.25) is 0 Å². The third-order valence-electron chi connectivity index (χ3n) is 7.09. The molecular weight excluding hydrogens is 568 g/mol. The maximum absolute atomic E-state index is 11.0. The minimum atomic E-state index is -0.827. The van der Waals surface area contributed by atoms with Crippen molar-refractivity contribution in [2.75, 3.05) is 20.7 Å². The van der Waals surface area contributed by atoms with Gasteiger partial charge in [0, 0.05) is 17.6 Å². The van der Waals surface area contributed by atoms with Crippen LogP contribution in [0.1, 0.15) is 89.8 Å². The Hall–Kier alpha value is -3.93. The Balaban J connectivity index is 0.000000719. The summed E-state index contributed by atoms with van der Waals surface area (Å²) < 4.78 is 10.7. The number of aryl methyl sites for hydroxylation is 1. The summed E-state index contributed by atoms with van der Waals surface area (Å²) in [7, 11) is 3.55. The lowest BCUT2D eigenvalue weighted by molar-refractivity contribution is 0.0683. The topological polar surface area (TPSA) is 67.5 Å². The van der Waals surface area contributed by atoms with E-state index in [9.17, 15) is 5.11 Å². The Bertz CT molecular complexity index is 1340. The first-order valence-corrected chi connectivity index (χ1v) is 16.5. The number of hydrogen-bond donors (Lipinski definition) is 2. The second kappa shape index (κ2) is 24.3. The van der Waals surface area contributed by atoms with Gasteiger partial charge in [0.15, 0.2) is 0 Å². The standard InChI is InChI=1S/C17H25NO.C16H15NO2.C4H8.2C2H6/c1-5-15(6-2)13-17(19,10-11-18-4)16-9-7-8-14(3)12-16;1-11-10-13-6-5-12(15-4-3-9-19-15)7-8-14(13)17-16(11)18-2;1-3-4-2;2*1-2/h5-9,18-19H,1,3,10-13H2,2,4H3;3-5,7-10H,6H2,1-2H3;3H,1,4H2,2H3;2*1-2H3/b15-6+;;;;/t17-;;;;/m0..../s1. The highest BCUT2D eigenvalue weighted by Crippen LogP contribution is 2.34. The molecule has 2 N–H and O–H groups in total. The summed E-state index contributed by atoms with van der Waals surface area (Å²) >= 11 is 0. The Morgan fingerprint density at radius 1 is 1.17 bits per heavy atom. The lowest BCUT2D eigenvalue weighted by Crippen LogP contribution is -2.35. The zero-order valence-electron chi connectivity index (χ0n) is 30.1. The number of methoxy groups -OCH3 is 1. The van der Waals surface area contributed by atoms with Crippen LogP contribution in [0.2, 0.25) is 0 Å². The quantitative estimate of drug-likeness (QED) is 0.202. The van der Waals surface area contributed by atoms with Crippen molar-refractivity contribution >= 4 is 11.6 Å². The third kappa shape index (κ3) is 14.0. The van der Waals surface area contributed by atoms with Crippen LogP contribution < -0.4 is 10.1 Å². The number of aliphatic hydroxyl groups is 1. The minimum absolute atomic E-state index is 0.599. The molecule has 0 aliphatic heterocycles. The normalized spacial score (nSPS) is 14.3. The monoisotopic (exact) mass is 628 g/mol. The molecular formula is C41H60N2O3. The maximum Gasteiger partial charge on any atom is 0.216 e. The van der Waals surface area contributed by atoms with Gasteiger partial charge in [0.25, 0.3) is 0 Å². The average Bonchev–Trinajstić information content (AvgIpc) is 3.56. The van der Waals surface area contributed by atoms with Gasteiger partial charge in [-0.2, -0.15) is 0 Å². The van der Waals surface area contributed by atoms with Crippen molar-refractivity contribution < 1.29 is 14.3 Å². The molecule has 0 amide bonds. The SMILES string of the molecule is C=C/C(=C\C)C[C@@](O)(CCNC)C1=CC=CC(=C)C1.C=CCC.CC.CC.COc1nc2c(cc1C)CC=C(c1ccco1)C=C2. The second-order valence-electron chi connectivity index (χ2n) is 10.2. The molecule has 5 nitrogen and oxygen atoms in total. The van der Waals surface area contributed by atoms with E-state index in [1.807, 2.05) is 109 Å². The van der Waals surface area contributed by atoms with E-state index in [4.69, 9.17) is 9.15 Å². The number of ether oxygens (including phenoxy) is 1. The summed E-state index contributed by atoms with van der Waals surface area (Å²) in [5.41, 5.74) is 6.63. The van der Waals surface area contributed by atoms with Crippen LogP contribution in [-0.4, -0.2) is 36.4 Å². The first-order chi connectivity index (χ1) is 22.2. The Morgan fingerprint density at radius 2 is 1.87 bits per heavy atom. The van der Waals surface area contributed by atoms with Crippen molar-refractivity contribution in [2.24, 2.45) is 0 Å². The van der Waals surface area contributed by atoms with Gasteiger partial charge >= 0.3 is 0 Å². The Morgan fingerprint density at radius 3 is 2.39 bits per heavy atom. The van der Waals surface area contributed by atoms with E-state index in [-0.39, 0.29) is 0 Å². The van der Waals surface area contributed by atoms with Gasteiger partial charge in [0.05, 0.1) is 24.7 Å². The summed E-state index contributed by atoms with van der Waals surface area (Å²) in [6, 6.07) is 5.99. The fraction of sp³-hybridized carbons (Fsp3) is 0.390. The number of pyridine rings is 1. The molecule has 1 atom stereocenters. The summed E-state index contributed by atoms with van der Waals surface area (Å²) in [5.74, 6) is 1.57. The minimum Gasteiger partial charge on any atom is -0.481 e. The smallest absolute Gasteiger partial charge is 0.216 e. The van der Waals surface area contributed by atoms with E-state index >= 15 is 0 Å². The molecule has 2 aromatic heterocycles. The fourth-order valence-electron chi connectivity index (χ4n) is 4.57. The van der Waals surface area contributed by atoms with Crippen LogP contribution in [-0.2, 0) is 6.42 Å². The van der Waals surface area contributed by atoms with E-state index in [0.29, 0.717) is 18.7 Å². The van der Waals surface area contributed by atoms with Gasteiger partial charge in [-0.25, -0.2) is 4.98 Å². The number of hydrogen-bond acceptors (Lipinski definition) is 5. The molecule has 4 rings (SSSR count). The molecule has 2 aromatic rings. The molecule has 0 unspecified atom stereocenters. The first-order valence-electron chi connectivity index (χ1n) is 16.5. The van der Waals surface area contributed by atoms with Crippen molar-refractivity contribution in [3.63, 3.8) is 0 Å². The Labute approximate surface area is 280 Å². The van der Waals surface area contributed by atoms with E-state index in [2.05, 4.69) is 49.1 Å². The molecule has 5 heteroatoms. The molecule has 46 heavy (non-hydrogen) atoms. The molecule has 2 heterocycles. The summed E-state index contributed by atoms with van der Waals surface area (Å²) in [4.78, 5) is 4.53. The zero-order valence-corrected chi connectivity index (χ0v) is 30.1. The van der Waals surface area contributed by atoms with Gasteiger partial charge in [-0.15, -0.1) is 6.58 Å². The molecule has 0 saturated heterocycles. The highest BCUT2D eigenvalue weighted by Gasteiger charge is 2.32. The molecule has 0 fully saturated rings. The van der Waals surface area contributed by atoms with Crippen LogP contribution in [0.4, 0.5) is 0 Å². The van der Waals surface area contributed by atoms with Crippen LogP contribution in [0.15, 0.2) is 114 Å². The van der Waals surface area contributed by atoms with Crippen molar-refractivity contribution in [1.82, 2.24) is 10.3 Å². The number of fused-ring (bicyclic) bond motifs is 1. The van der Waals surface area contributed by atoms with Crippen molar-refractivity contribution in [2.45, 2.75) is 86.2 Å². The van der Waals surface area contributed by atoms with Crippen LogP contribution in [0.5, 0.6) is 5.88 Å². The number of nitrogens with one attached hydrogen (secondary N) is 1. The molecule has 2 aliphatic rings. The summed E-state index contributed by atoms with van der Waals surface area (Å²) in [6.45, 7) is 26.1. The zero-order chi connectivity index (χ0) is 35.0.